The van der Waals surface area contributed by atoms with Crippen molar-refractivity contribution >= 4 is 0 Å². The van der Waals surface area contributed by atoms with Crippen molar-refractivity contribution in [2.75, 3.05) is 40.3 Å². The fraction of sp³-hybridized carbons (Fsp3) is 0.867. The van der Waals surface area contributed by atoms with Gasteiger partial charge in [-0.15, -0.1) is 6.42 Å². The van der Waals surface area contributed by atoms with Gasteiger partial charge in [-0.3, -0.25) is 4.90 Å². The topological polar surface area (TPSA) is 18.5 Å². The molecule has 2 aliphatic rings. The van der Waals surface area contributed by atoms with Crippen molar-refractivity contribution in [1.29, 1.82) is 0 Å². The molecule has 0 amide bonds. The van der Waals surface area contributed by atoms with E-state index in [0.717, 1.165) is 26.2 Å². The van der Waals surface area contributed by atoms with E-state index in [1.807, 2.05) is 0 Å². The van der Waals surface area contributed by atoms with Crippen LogP contribution in [0.2, 0.25) is 0 Å². The van der Waals surface area contributed by atoms with E-state index in [9.17, 15) is 0 Å². The molecule has 1 N–H and O–H groups in total. The van der Waals surface area contributed by atoms with Gasteiger partial charge in [-0.25, -0.2) is 0 Å². The molecule has 102 valence electrons. The van der Waals surface area contributed by atoms with Gasteiger partial charge in [-0.2, -0.15) is 0 Å². The lowest BCUT2D eigenvalue weighted by molar-refractivity contribution is 0.0539. The van der Waals surface area contributed by atoms with Crippen molar-refractivity contribution in [3.05, 3.63) is 0 Å². The van der Waals surface area contributed by atoms with E-state index < -0.39 is 0 Å². The summed E-state index contributed by atoms with van der Waals surface area (Å²) in [6.07, 6.45) is 11.9. The molecule has 2 rings (SSSR count). The van der Waals surface area contributed by atoms with E-state index in [4.69, 9.17) is 6.42 Å². The molecular formula is C15H27N3. The number of hydrogen-bond donors (Lipinski definition) is 1. The number of nitrogens with zero attached hydrogens (tertiary/aromatic N) is 2. The minimum atomic E-state index is 0.440. The molecule has 18 heavy (non-hydrogen) atoms. The molecule has 1 aliphatic carbocycles. The first-order valence-electron chi connectivity index (χ1n) is 7.23. The van der Waals surface area contributed by atoms with Crippen molar-refractivity contribution in [3.8, 4) is 12.3 Å². The first-order valence-corrected chi connectivity index (χ1v) is 7.23. The molecule has 3 heteroatoms. The van der Waals surface area contributed by atoms with Gasteiger partial charge in [-0.05, 0) is 46.2 Å². The molecule has 0 aromatic rings. The van der Waals surface area contributed by atoms with Crippen LogP contribution in [0.1, 0.15) is 32.1 Å². The van der Waals surface area contributed by atoms with Gasteiger partial charge in [0.2, 0.25) is 0 Å². The maximum Gasteiger partial charge on any atom is 0.0598 e. The van der Waals surface area contributed by atoms with Crippen LogP contribution in [0.4, 0.5) is 0 Å². The highest BCUT2D eigenvalue weighted by atomic mass is 15.2. The number of piperidine rings is 1. The third-order valence-electron chi connectivity index (χ3n) is 4.86. The summed E-state index contributed by atoms with van der Waals surface area (Å²) in [6, 6.07) is 0.691. The molecule has 0 bridgehead atoms. The predicted molar refractivity (Wildman–Crippen MR) is 76.6 cm³/mol. The second-order valence-corrected chi connectivity index (χ2v) is 6.11. The van der Waals surface area contributed by atoms with Crippen LogP contribution in [0, 0.1) is 12.3 Å². The molecular weight excluding hydrogens is 222 g/mol. The van der Waals surface area contributed by atoms with Gasteiger partial charge in [0, 0.05) is 31.2 Å². The van der Waals surface area contributed by atoms with Crippen LogP contribution in [0.3, 0.4) is 0 Å². The lowest BCUT2D eigenvalue weighted by atomic mass is 9.75. The van der Waals surface area contributed by atoms with Crippen molar-refractivity contribution < 1.29 is 0 Å². The smallest absolute Gasteiger partial charge is 0.0598 e. The van der Waals surface area contributed by atoms with Crippen LogP contribution in [-0.2, 0) is 0 Å². The largest absolute Gasteiger partial charge is 0.312 e. The van der Waals surface area contributed by atoms with Crippen LogP contribution in [0.25, 0.3) is 0 Å². The molecule has 1 saturated carbocycles. The van der Waals surface area contributed by atoms with E-state index in [0.29, 0.717) is 11.6 Å². The highest BCUT2D eigenvalue weighted by molar-refractivity contribution is 4.98. The Morgan fingerprint density at radius 1 is 1.33 bits per heavy atom. The third-order valence-corrected chi connectivity index (χ3v) is 4.86. The first-order chi connectivity index (χ1) is 8.66. The summed E-state index contributed by atoms with van der Waals surface area (Å²) >= 11 is 0. The first kappa shape index (κ1) is 13.9. The van der Waals surface area contributed by atoms with Crippen LogP contribution < -0.4 is 5.32 Å². The quantitative estimate of drug-likeness (QED) is 0.738. The van der Waals surface area contributed by atoms with Gasteiger partial charge in [0.15, 0.2) is 0 Å². The van der Waals surface area contributed by atoms with Crippen LogP contribution >= 0.6 is 0 Å². The van der Waals surface area contributed by atoms with Gasteiger partial charge in [0.25, 0.3) is 0 Å². The van der Waals surface area contributed by atoms with Gasteiger partial charge in [-0.1, -0.05) is 5.92 Å². The second kappa shape index (κ2) is 6.06. The standard InChI is InChI=1S/C15H27N3/c1-4-10-18-11-6-14(7-12-18)16-13-15(17(2)3)8-5-9-15/h1,14,16H,5-13H2,2-3H3. The summed E-state index contributed by atoms with van der Waals surface area (Å²) in [5.41, 5.74) is 0.440. The summed E-state index contributed by atoms with van der Waals surface area (Å²) < 4.78 is 0. The van der Waals surface area contributed by atoms with Crippen LogP contribution in [-0.4, -0.2) is 61.7 Å². The van der Waals surface area contributed by atoms with E-state index in [-0.39, 0.29) is 0 Å². The van der Waals surface area contributed by atoms with Gasteiger partial charge < -0.3 is 10.2 Å². The maximum atomic E-state index is 5.36. The zero-order chi connectivity index (χ0) is 13.0. The van der Waals surface area contributed by atoms with Gasteiger partial charge in [0.05, 0.1) is 6.54 Å². The average molecular weight is 249 g/mol. The number of hydrogen-bond acceptors (Lipinski definition) is 3. The van der Waals surface area contributed by atoms with E-state index >= 15 is 0 Å². The molecule has 0 atom stereocenters. The van der Waals surface area contributed by atoms with Gasteiger partial charge in [0.1, 0.15) is 0 Å². The number of likely N-dealkylation sites (N-methyl/N-ethyl adjacent to an activating group) is 1. The third kappa shape index (κ3) is 3.06. The Morgan fingerprint density at radius 2 is 2.00 bits per heavy atom. The average Bonchev–Trinajstić information content (AvgIpc) is 2.30. The summed E-state index contributed by atoms with van der Waals surface area (Å²) in [5.74, 6) is 2.74. The van der Waals surface area contributed by atoms with Crippen molar-refractivity contribution in [2.45, 2.75) is 43.7 Å². The second-order valence-electron chi connectivity index (χ2n) is 6.11. The Labute approximate surface area is 112 Å². The Morgan fingerprint density at radius 3 is 2.44 bits per heavy atom. The van der Waals surface area contributed by atoms with E-state index in [1.54, 1.807) is 0 Å². The Hall–Kier alpha value is -0.560. The van der Waals surface area contributed by atoms with Crippen molar-refractivity contribution in [1.82, 2.24) is 15.1 Å². The molecule has 2 fully saturated rings. The number of likely N-dealkylation sites (tertiary alicyclic amines) is 1. The normalized spacial score (nSPS) is 24.8. The summed E-state index contributed by atoms with van der Waals surface area (Å²) in [6.45, 7) is 4.27. The minimum absolute atomic E-state index is 0.440. The van der Waals surface area contributed by atoms with Crippen LogP contribution in [0.5, 0.6) is 0 Å². The number of terminal acetylenes is 1. The maximum absolute atomic E-state index is 5.36. The van der Waals surface area contributed by atoms with E-state index in [2.05, 4.69) is 35.1 Å². The molecule has 0 aromatic heterocycles. The predicted octanol–water partition coefficient (Wildman–Crippen LogP) is 1.16. The number of nitrogens with one attached hydrogen (secondary N) is 1. The molecule has 0 aromatic carbocycles. The zero-order valence-corrected chi connectivity index (χ0v) is 11.9. The highest BCUT2D eigenvalue weighted by Gasteiger charge is 2.39. The molecule has 0 radical (unpaired) electrons. The Bertz CT molecular complexity index is 293. The Kier molecular flexibility index (Phi) is 4.66. The zero-order valence-electron chi connectivity index (χ0n) is 11.9. The Balaban J connectivity index is 1.71. The minimum Gasteiger partial charge on any atom is -0.312 e. The fourth-order valence-electron chi connectivity index (χ4n) is 3.13. The van der Waals surface area contributed by atoms with Crippen molar-refractivity contribution in [2.24, 2.45) is 0 Å². The molecule has 0 unspecified atom stereocenters. The summed E-state index contributed by atoms with van der Waals surface area (Å²) in [4.78, 5) is 4.79. The van der Waals surface area contributed by atoms with E-state index in [1.165, 1.54) is 32.1 Å². The molecule has 3 nitrogen and oxygen atoms in total. The highest BCUT2D eigenvalue weighted by Crippen LogP contribution is 2.35. The molecule has 1 aliphatic heterocycles. The molecule has 1 heterocycles. The lowest BCUT2D eigenvalue weighted by Gasteiger charge is -2.48. The lowest BCUT2D eigenvalue weighted by Crippen LogP contribution is -2.58. The SMILES string of the molecule is C#CCN1CCC(NCC2(N(C)C)CCC2)CC1. The van der Waals surface area contributed by atoms with Crippen LogP contribution in [0.15, 0.2) is 0 Å². The summed E-state index contributed by atoms with van der Waals surface area (Å²) in [5, 5.41) is 3.79. The number of rotatable bonds is 5. The molecule has 0 spiro atoms. The summed E-state index contributed by atoms with van der Waals surface area (Å²) in [7, 11) is 4.44. The monoisotopic (exact) mass is 249 g/mol. The van der Waals surface area contributed by atoms with Crippen molar-refractivity contribution in [3.63, 3.8) is 0 Å². The van der Waals surface area contributed by atoms with Gasteiger partial charge >= 0.3 is 0 Å². The molecule has 1 saturated heterocycles. The fourth-order valence-corrected chi connectivity index (χ4v) is 3.13.